The topological polar surface area (TPSA) is 119 Å². The molecule has 1 saturated heterocycles. The van der Waals surface area contributed by atoms with Gasteiger partial charge in [-0.05, 0) is 30.3 Å². The standard InChI is InChI=1S/C32H37FN8O2/c1-32(2,3)31-38-29(39-43-31)30(42)35-18-23-10-9-22(17-25(23)33)24-11-12-34-28-26(24)36-27(37-28)21-7-5-20(6-8-21)19-41-15-13-40(4)14-16-41/h5-12,17,30,35,42H,13-16,18-19H2,1-4H3,(H,34,36,37). The van der Waals surface area contributed by atoms with Crippen LogP contribution in [-0.4, -0.2) is 73.2 Å². The number of halogens is 1. The second-order valence-corrected chi connectivity index (χ2v) is 12.2. The number of likely N-dealkylation sites (N-methyl/N-ethyl adjacent to an activating group) is 1. The highest BCUT2D eigenvalue weighted by molar-refractivity contribution is 5.91. The van der Waals surface area contributed by atoms with Crippen molar-refractivity contribution in [2.24, 2.45) is 0 Å². The van der Waals surface area contributed by atoms with Crippen LogP contribution in [0, 0.1) is 5.82 Å². The number of rotatable bonds is 8. The van der Waals surface area contributed by atoms with E-state index in [1.54, 1.807) is 12.3 Å². The molecule has 4 heterocycles. The predicted molar refractivity (Wildman–Crippen MR) is 162 cm³/mol. The van der Waals surface area contributed by atoms with Crippen LogP contribution in [0.5, 0.6) is 0 Å². The van der Waals surface area contributed by atoms with Gasteiger partial charge in [0.2, 0.25) is 11.7 Å². The van der Waals surface area contributed by atoms with Gasteiger partial charge in [0.25, 0.3) is 0 Å². The Morgan fingerprint density at radius 3 is 2.47 bits per heavy atom. The Labute approximate surface area is 250 Å². The number of benzene rings is 2. The molecule has 0 amide bonds. The number of nitrogens with zero attached hydrogens (tertiary/aromatic N) is 6. The summed E-state index contributed by atoms with van der Waals surface area (Å²) in [6.07, 6.45) is 0.501. The molecule has 0 saturated carbocycles. The summed E-state index contributed by atoms with van der Waals surface area (Å²) >= 11 is 0. The lowest BCUT2D eigenvalue weighted by molar-refractivity contribution is 0.124. The third-order valence-electron chi connectivity index (χ3n) is 7.79. The molecule has 0 radical (unpaired) electrons. The number of H-pyrrole nitrogens is 1. The summed E-state index contributed by atoms with van der Waals surface area (Å²) < 4.78 is 20.5. The van der Waals surface area contributed by atoms with Crippen molar-refractivity contribution in [3.05, 3.63) is 83.4 Å². The van der Waals surface area contributed by atoms with Gasteiger partial charge < -0.3 is 19.5 Å². The maximum atomic E-state index is 15.2. The van der Waals surface area contributed by atoms with Gasteiger partial charge in [0.1, 0.15) is 17.2 Å². The molecule has 11 heteroatoms. The molecule has 0 spiro atoms. The summed E-state index contributed by atoms with van der Waals surface area (Å²) in [5.41, 5.74) is 5.06. The van der Waals surface area contributed by atoms with Crippen molar-refractivity contribution in [2.45, 2.75) is 45.5 Å². The Bertz CT molecular complexity index is 1700. The van der Waals surface area contributed by atoms with Gasteiger partial charge in [-0.2, -0.15) is 4.98 Å². The summed E-state index contributed by atoms with van der Waals surface area (Å²) in [7, 11) is 2.17. The number of imidazole rings is 1. The summed E-state index contributed by atoms with van der Waals surface area (Å²) in [4.78, 5) is 21.7. The molecule has 1 aliphatic rings. The zero-order valence-electron chi connectivity index (χ0n) is 24.9. The first-order valence-electron chi connectivity index (χ1n) is 14.5. The molecule has 0 aliphatic carbocycles. The monoisotopic (exact) mass is 584 g/mol. The van der Waals surface area contributed by atoms with Crippen molar-refractivity contribution in [3.63, 3.8) is 0 Å². The summed E-state index contributed by atoms with van der Waals surface area (Å²) in [5, 5.41) is 17.2. The van der Waals surface area contributed by atoms with E-state index in [1.807, 2.05) is 32.9 Å². The van der Waals surface area contributed by atoms with E-state index in [-0.39, 0.29) is 17.8 Å². The van der Waals surface area contributed by atoms with Gasteiger partial charge in [0.05, 0.1) is 0 Å². The van der Waals surface area contributed by atoms with Crippen molar-refractivity contribution in [3.8, 4) is 22.5 Å². The third-order valence-corrected chi connectivity index (χ3v) is 7.79. The molecular formula is C32H37FN8O2. The quantitative estimate of drug-likeness (QED) is 0.224. The normalized spacial score (nSPS) is 15.8. The zero-order chi connectivity index (χ0) is 30.1. The summed E-state index contributed by atoms with van der Waals surface area (Å²) in [5.74, 6) is 0.840. The first-order valence-corrected chi connectivity index (χ1v) is 14.5. The van der Waals surface area contributed by atoms with Gasteiger partial charge in [-0.1, -0.05) is 62.3 Å². The van der Waals surface area contributed by atoms with Gasteiger partial charge in [0.15, 0.2) is 11.9 Å². The van der Waals surface area contributed by atoms with Crippen LogP contribution in [0.3, 0.4) is 0 Å². The second-order valence-electron chi connectivity index (χ2n) is 12.2. The molecule has 6 rings (SSSR count). The number of aliphatic hydroxyl groups excluding tert-OH is 1. The van der Waals surface area contributed by atoms with Gasteiger partial charge in [0, 0.05) is 67.6 Å². The minimum atomic E-state index is -1.19. The molecule has 10 nitrogen and oxygen atoms in total. The number of hydrogen-bond donors (Lipinski definition) is 3. The Morgan fingerprint density at radius 1 is 1.02 bits per heavy atom. The first kappa shape index (κ1) is 29.1. The number of aromatic nitrogens is 5. The SMILES string of the molecule is CN1CCN(Cc2ccc(-c3nc4c(-c5ccc(CNC(O)c6noc(C(C)(C)C)n6)c(F)c5)ccnc4[nH]3)cc2)CC1. The van der Waals surface area contributed by atoms with Crippen LogP contribution < -0.4 is 5.32 Å². The minimum Gasteiger partial charge on any atom is -0.371 e. The number of hydrogen-bond acceptors (Lipinski definition) is 9. The molecule has 2 aromatic carbocycles. The fourth-order valence-corrected chi connectivity index (χ4v) is 5.12. The predicted octanol–water partition coefficient (Wildman–Crippen LogP) is 4.64. The zero-order valence-corrected chi connectivity index (χ0v) is 24.9. The van der Waals surface area contributed by atoms with Gasteiger partial charge in [-0.25, -0.2) is 14.4 Å². The molecule has 5 aromatic rings. The molecule has 0 bridgehead atoms. The first-order chi connectivity index (χ1) is 20.6. The fourth-order valence-electron chi connectivity index (χ4n) is 5.12. The van der Waals surface area contributed by atoms with Gasteiger partial charge >= 0.3 is 0 Å². The van der Waals surface area contributed by atoms with Crippen molar-refractivity contribution < 1.29 is 14.0 Å². The maximum absolute atomic E-state index is 15.2. The number of piperazine rings is 1. The van der Waals surface area contributed by atoms with E-state index in [1.165, 1.54) is 11.6 Å². The van der Waals surface area contributed by atoms with Crippen molar-refractivity contribution in [1.82, 2.24) is 40.2 Å². The van der Waals surface area contributed by atoms with E-state index >= 15 is 4.39 Å². The van der Waals surface area contributed by atoms with E-state index < -0.39 is 12.0 Å². The Morgan fingerprint density at radius 2 is 1.77 bits per heavy atom. The van der Waals surface area contributed by atoms with E-state index in [4.69, 9.17) is 9.51 Å². The van der Waals surface area contributed by atoms with Crippen LogP contribution in [-0.2, 0) is 18.5 Å². The number of nitrogens with one attached hydrogen (secondary N) is 2. The largest absolute Gasteiger partial charge is 0.371 e. The smallest absolute Gasteiger partial charge is 0.232 e. The summed E-state index contributed by atoms with van der Waals surface area (Å²) in [6.45, 7) is 11.2. The maximum Gasteiger partial charge on any atom is 0.232 e. The van der Waals surface area contributed by atoms with E-state index in [9.17, 15) is 5.11 Å². The van der Waals surface area contributed by atoms with Crippen LogP contribution >= 0.6 is 0 Å². The van der Waals surface area contributed by atoms with E-state index in [2.05, 4.69) is 66.5 Å². The van der Waals surface area contributed by atoms with Gasteiger partial charge in [-0.3, -0.25) is 10.2 Å². The molecule has 3 aromatic heterocycles. The third kappa shape index (κ3) is 6.50. The van der Waals surface area contributed by atoms with Crippen LogP contribution in [0.4, 0.5) is 4.39 Å². The highest BCUT2D eigenvalue weighted by atomic mass is 19.1. The summed E-state index contributed by atoms with van der Waals surface area (Å²) in [6, 6.07) is 15.3. The molecule has 224 valence electrons. The Hall–Kier alpha value is -4.03. The number of aliphatic hydroxyl groups is 1. The number of fused-ring (bicyclic) bond motifs is 1. The minimum absolute atomic E-state index is 0.0792. The molecule has 1 aliphatic heterocycles. The lowest BCUT2D eigenvalue weighted by Gasteiger charge is -2.32. The van der Waals surface area contributed by atoms with Crippen LogP contribution in [0.15, 0.2) is 59.3 Å². The number of aromatic amines is 1. The molecule has 1 unspecified atom stereocenters. The lowest BCUT2D eigenvalue weighted by atomic mass is 9.97. The van der Waals surface area contributed by atoms with E-state index in [0.29, 0.717) is 34.0 Å². The average molecular weight is 585 g/mol. The number of pyridine rings is 1. The van der Waals surface area contributed by atoms with Crippen LogP contribution in [0.2, 0.25) is 0 Å². The fraction of sp³-hybridized carbons (Fsp3) is 0.375. The molecule has 1 fully saturated rings. The van der Waals surface area contributed by atoms with Gasteiger partial charge in [-0.15, -0.1) is 0 Å². The molecule has 3 N–H and O–H groups in total. The molecular weight excluding hydrogens is 547 g/mol. The Balaban J connectivity index is 1.15. The highest BCUT2D eigenvalue weighted by Gasteiger charge is 2.24. The van der Waals surface area contributed by atoms with Crippen LogP contribution in [0.25, 0.3) is 33.7 Å². The Kier molecular flexibility index (Phi) is 8.06. The van der Waals surface area contributed by atoms with E-state index in [0.717, 1.165) is 43.9 Å². The van der Waals surface area contributed by atoms with Crippen LogP contribution in [0.1, 0.15) is 49.8 Å². The molecule has 1 atom stereocenters. The van der Waals surface area contributed by atoms with Crippen molar-refractivity contribution in [1.29, 1.82) is 0 Å². The highest BCUT2D eigenvalue weighted by Crippen LogP contribution is 2.30. The second kappa shape index (κ2) is 11.9. The average Bonchev–Trinajstić information content (AvgIpc) is 3.66. The van der Waals surface area contributed by atoms with Crippen molar-refractivity contribution >= 4 is 11.2 Å². The molecule has 43 heavy (non-hydrogen) atoms. The van der Waals surface area contributed by atoms with Crippen molar-refractivity contribution in [2.75, 3.05) is 33.2 Å². The lowest BCUT2D eigenvalue weighted by Crippen LogP contribution is -2.43.